The molecule has 1 heteroatoms. The van der Waals surface area contributed by atoms with Gasteiger partial charge in [0, 0.05) is 7.11 Å². The molecule has 0 N–H and O–H groups in total. The molecule has 1 fully saturated rings. The zero-order valence-electron chi connectivity index (χ0n) is 8.84. The predicted molar refractivity (Wildman–Crippen MR) is 52.1 cm³/mol. The molecule has 0 unspecified atom stereocenters. The highest BCUT2D eigenvalue weighted by molar-refractivity contribution is 4.80. The molecule has 0 heterocycles. The zero-order valence-corrected chi connectivity index (χ0v) is 8.84. The molecule has 0 aromatic heterocycles. The first kappa shape index (κ1) is 10.0. The summed E-state index contributed by atoms with van der Waals surface area (Å²) in [5, 5.41) is 0. The van der Waals surface area contributed by atoms with Crippen LogP contribution < -0.4 is 0 Å². The van der Waals surface area contributed by atoms with Crippen molar-refractivity contribution < 1.29 is 4.74 Å². The van der Waals surface area contributed by atoms with Gasteiger partial charge in [0.2, 0.25) is 0 Å². The van der Waals surface area contributed by atoms with Crippen molar-refractivity contribution >= 4 is 0 Å². The molecule has 12 heavy (non-hydrogen) atoms. The molecule has 1 rings (SSSR count). The van der Waals surface area contributed by atoms with Gasteiger partial charge in [-0.3, -0.25) is 0 Å². The van der Waals surface area contributed by atoms with Crippen LogP contribution in [-0.2, 0) is 4.74 Å². The summed E-state index contributed by atoms with van der Waals surface area (Å²) >= 11 is 0. The average Bonchev–Trinajstić information content (AvgIpc) is 2.04. The van der Waals surface area contributed by atoms with Gasteiger partial charge in [-0.25, -0.2) is 0 Å². The van der Waals surface area contributed by atoms with Crippen LogP contribution in [0, 0.1) is 17.8 Å². The maximum atomic E-state index is 5.51. The maximum absolute atomic E-state index is 5.51. The molecule has 3 atom stereocenters. The fourth-order valence-electron chi connectivity index (χ4n) is 2.39. The minimum Gasteiger partial charge on any atom is -0.381 e. The van der Waals surface area contributed by atoms with E-state index in [9.17, 15) is 0 Å². The summed E-state index contributed by atoms with van der Waals surface area (Å²) in [5.74, 6) is 2.47. The van der Waals surface area contributed by atoms with Gasteiger partial charge in [-0.05, 0) is 37.0 Å². The van der Waals surface area contributed by atoms with Gasteiger partial charge in [-0.15, -0.1) is 0 Å². The van der Waals surface area contributed by atoms with Crippen LogP contribution >= 0.6 is 0 Å². The van der Waals surface area contributed by atoms with E-state index < -0.39 is 0 Å². The van der Waals surface area contributed by atoms with Crippen LogP contribution in [0.3, 0.4) is 0 Å². The van der Waals surface area contributed by atoms with E-state index in [1.54, 1.807) is 0 Å². The molecule has 0 radical (unpaired) electrons. The fraction of sp³-hybridized carbons (Fsp3) is 1.00. The van der Waals surface area contributed by atoms with Crippen molar-refractivity contribution in [1.29, 1.82) is 0 Å². The summed E-state index contributed by atoms with van der Waals surface area (Å²) in [6.45, 7) is 6.99. The summed E-state index contributed by atoms with van der Waals surface area (Å²) in [6, 6.07) is 0. The first-order chi connectivity index (χ1) is 5.65. The lowest BCUT2D eigenvalue weighted by molar-refractivity contribution is -0.00781. The number of rotatable bonds is 2. The molecule has 1 aliphatic rings. The van der Waals surface area contributed by atoms with E-state index in [-0.39, 0.29) is 0 Å². The van der Waals surface area contributed by atoms with Crippen LogP contribution in [0.1, 0.15) is 40.0 Å². The molecular weight excluding hydrogens is 148 g/mol. The molecule has 0 bridgehead atoms. The Kier molecular flexibility index (Phi) is 3.57. The van der Waals surface area contributed by atoms with Gasteiger partial charge in [0.15, 0.2) is 0 Å². The molecule has 0 saturated heterocycles. The molecule has 1 aliphatic carbocycles. The van der Waals surface area contributed by atoms with Crippen LogP contribution in [0.2, 0.25) is 0 Å². The summed E-state index contributed by atoms with van der Waals surface area (Å²) in [6.07, 6.45) is 4.50. The largest absolute Gasteiger partial charge is 0.381 e. The maximum Gasteiger partial charge on any atom is 0.0602 e. The van der Waals surface area contributed by atoms with Gasteiger partial charge in [0.05, 0.1) is 6.10 Å². The van der Waals surface area contributed by atoms with Crippen LogP contribution in [0.4, 0.5) is 0 Å². The topological polar surface area (TPSA) is 9.23 Å². The Labute approximate surface area is 76.5 Å². The molecule has 0 spiro atoms. The third kappa shape index (κ3) is 2.22. The lowest BCUT2D eigenvalue weighted by Gasteiger charge is -2.36. The number of ether oxygens (including phenoxy) is 1. The first-order valence-corrected chi connectivity index (χ1v) is 5.18. The van der Waals surface area contributed by atoms with E-state index in [1.165, 1.54) is 19.3 Å². The van der Waals surface area contributed by atoms with Gasteiger partial charge in [-0.1, -0.05) is 20.8 Å². The Balaban J connectivity index is 2.52. The third-order valence-electron chi connectivity index (χ3n) is 3.26. The first-order valence-electron chi connectivity index (χ1n) is 5.18. The van der Waals surface area contributed by atoms with Crippen molar-refractivity contribution in [2.45, 2.75) is 46.1 Å². The Bertz CT molecular complexity index is 131. The van der Waals surface area contributed by atoms with Crippen molar-refractivity contribution in [2.75, 3.05) is 7.11 Å². The van der Waals surface area contributed by atoms with Gasteiger partial charge in [-0.2, -0.15) is 0 Å². The predicted octanol–water partition coefficient (Wildman–Crippen LogP) is 3.09. The van der Waals surface area contributed by atoms with Gasteiger partial charge in [0.1, 0.15) is 0 Å². The minimum absolute atomic E-state index is 0.529. The molecular formula is C11H22O. The Hall–Kier alpha value is -0.0400. The van der Waals surface area contributed by atoms with E-state index in [0.717, 1.165) is 17.8 Å². The van der Waals surface area contributed by atoms with Crippen molar-refractivity contribution in [2.24, 2.45) is 17.8 Å². The summed E-state index contributed by atoms with van der Waals surface area (Å²) in [7, 11) is 1.86. The van der Waals surface area contributed by atoms with Crippen molar-refractivity contribution in [3.05, 3.63) is 0 Å². The van der Waals surface area contributed by atoms with Crippen LogP contribution in [0.5, 0.6) is 0 Å². The van der Waals surface area contributed by atoms with Gasteiger partial charge >= 0.3 is 0 Å². The van der Waals surface area contributed by atoms with E-state index >= 15 is 0 Å². The molecule has 0 aromatic carbocycles. The molecule has 0 aliphatic heterocycles. The average molecular weight is 170 g/mol. The van der Waals surface area contributed by atoms with Crippen molar-refractivity contribution in [1.82, 2.24) is 0 Å². The second-order valence-corrected chi connectivity index (χ2v) is 4.60. The Morgan fingerprint density at radius 3 is 2.42 bits per heavy atom. The molecule has 1 nitrogen and oxygen atoms in total. The second-order valence-electron chi connectivity index (χ2n) is 4.60. The highest BCUT2D eigenvalue weighted by Gasteiger charge is 2.30. The van der Waals surface area contributed by atoms with Crippen molar-refractivity contribution in [3.63, 3.8) is 0 Å². The van der Waals surface area contributed by atoms with Gasteiger partial charge in [0.25, 0.3) is 0 Å². The third-order valence-corrected chi connectivity index (χ3v) is 3.26. The number of hydrogen-bond acceptors (Lipinski definition) is 1. The van der Waals surface area contributed by atoms with Crippen LogP contribution in [0.15, 0.2) is 0 Å². The van der Waals surface area contributed by atoms with E-state index in [1.807, 2.05) is 7.11 Å². The van der Waals surface area contributed by atoms with E-state index in [4.69, 9.17) is 4.74 Å². The second kappa shape index (κ2) is 4.27. The summed E-state index contributed by atoms with van der Waals surface area (Å²) in [4.78, 5) is 0. The summed E-state index contributed by atoms with van der Waals surface area (Å²) in [5.41, 5.74) is 0. The quantitative estimate of drug-likeness (QED) is 0.619. The highest BCUT2D eigenvalue weighted by atomic mass is 16.5. The van der Waals surface area contributed by atoms with Crippen molar-refractivity contribution in [3.8, 4) is 0 Å². The minimum atomic E-state index is 0.529. The summed E-state index contributed by atoms with van der Waals surface area (Å²) < 4.78 is 5.51. The molecule has 1 saturated carbocycles. The number of hydrogen-bond donors (Lipinski definition) is 0. The SMILES string of the molecule is CO[C@@H]1CC[C@H](C)C[C@H]1C(C)C. The molecule has 0 aromatic rings. The van der Waals surface area contributed by atoms with Gasteiger partial charge < -0.3 is 4.74 Å². The lowest BCUT2D eigenvalue weighted by Crippen LogP contribution is -2.33. The van der Waals surface area contributed by atoms with E-state index in [2.05, 4.69) is 20.8 Å². The standard InChI is InChI=1S/C11H22O/c1-8(2)10-7-9(3)5-6-11(10)12-4/h8-11H,5-7H2,1-4H3/t9-,10-,11+/m0/s1. The lowest BCUT2D eigenvalue weighted by atomic mass is 9.75. The monoisotopic (exact) mass is 170 g/mol. The van der Waals surface area contributed by atoms with Crippen LogP contribution in [-0.4, -0.2) is 13.2 Å². The smallest absolute Gasteiger partial charge is 0.0602 e. The highest BCUT2D eigenvalue weighted by Crippen LogP contribution is 2.34. The molecule has 0 amide bonds. The Morgan fingerprint density at radius 2 is 1.92 bits per heavy atom. The Morgan fingerprint density at radius 1 is 1.25 bits per heavy atom. The van der Waals surface area contributed by atoms with Crippen LogP contribution in [0.25, 0.3) is 0 Å². The fourth-order valence-corrected chi connectivity index (χ4v) is 2.39. The zero-order chi connectivity index (χ0) is 9.14. The molecule has 72 valence electrons. The normalized spacial score (nSPS) is 37.2. The number of methoxy groups -OCH3 is 1. The van der Waals surface area contributed by atoms with E-state index in [0.29, 0.717) is 6.10 Å².